The molecule has 7 nitrogen and oxygen atoms in total. The second-order valence-corrected chi connectivity index (χ2v) is 7.22. The van der Waals surface area contributed by atoms with Crippen LogP contribution in [0.1, 0.15) is 21.7 Å². The summed E-state index contributed by atoms with van der Waals surface area (Å²) < 4.78 is 20.0. The van der Waals surface area contributed by atoms with Crippen molar-refractivity contribution in [3.05, 3.63) is 95.8 Å². The Bertz CT molecular complexity index is 1230. The van der Waals surface area contributed by atoms with E-state index < -0.39 is 5.91 Å². The molecule has 0 radical (unpaired) electrons. The quantitative estimate of drug-likeness (QED) is 0.467. The lowest BCUT2D eigenvalue weighted by atomic mass is 10.1. The summed E-state index contributed by atoms with van der Waals surface area (Å²) in [4.78, 5) is 25.0. The fraction of sp³-hybridized carbons (Fsp3) is 0.125. The highest BCUT2D eigenvalue weighted by Gasteiger charge is 2.19. The van der Waals surface area contributed by atoms with Gasteiger partial charge >= 0.3 is 0 Å². The average Bonchev–Trinajstić information content (AvgIpc) is 3.47. The minimum Gasteiger partial charge on any atom is -0.467 e. The van der Waals surface area contributed by atoms with Crippen molar-refractivity contribution in [2.45, 2.75) is 13.5 Å². The SMILES string of the molecule is Cc1cccc(-c2nn(-c3ccc(F)cc3)cc2C(=O)NCC(=O)NCc2ccco2)c1. The monoisotopic (exact) mass is 432 g/mol. The number of hydrogen-bond donors (Lipinski definition) is 2. The predicted octanol–water partition coefficient (Wildman–Crippen LogP) is 3.63. The van der Waals surface area contributed by atoms with E-state index in [1.807, 2.05) is 31.2 Å². The topological polar surface area (TPSA) is 89.2 Å². The molecular weight excluding hydrogens is 411 g/mol. The number of rotatable bonds is 7. The van der Waals surface area contributed by atoms with E-state index in [-0.39, 0.29) is 24.8 Å². The first-order valence-corrected chi connectivity index (χ1v) is 9.99. The van der Waals surface area contributed by atoms with Gasteiger partial charge in [0.1, 0.15) is 17.3 Å². The smallest absolute Gasteiger partial charge is 0.255 e. The van der Waals surface area contributed by atoms with Crippen molar-refractivity contribution in [1.29, 1.82) is 0 Å². The molecular formula is C24H21FN4O3. The summed E-state index contributed by atoms with van der Waals surface area (Å²) >= 11 is 0. The number of aromatic nitrogens is 2. The minimum absolute atomic E-state index is 0.200. The number of nitrogens with one attached hydrogen (secondary N) is 2. The van der Waals surface area contributed by atoms with Gasteiger partial charge in [0.25, 0.3) is 5.91 Å². The number of nitrogens with zero attached hydrogens (tertiary/aromatic N) is 2. The Morgan fingerprint density at radius 2 is 1.88 bits per heavy atom. The molecule has 2 N–H and O–H groups in total. The summed E-state index contributed by atoms with van der Waals surface area (Å²) in [6, 6.07) is 16.9. The predicted molar refractivity (Wildman–Crippen MR) is 117 cm³/mol. The van der Waals surface area contributed by atoms with Crippen LogP contribution in [0, 0.1) is 12.7 Å². The van der Waals surface area contributed by atoms with Crippen molar-refractivity contribution in [2.24, 2.45) is 0 Å². The summed E-state index contributed by atoms with van der Waals surface area (Å²) in [5.74, 6) is -0.536. The molecule has 0 aliphatic heterocycles. The molecule has 0 bridgehead atoms. The van der Waals surface area contributed by atoms with Gasteiger partial charge in [0.15, 0.2) is 0 Å². The third kappa shape index (κ3) is 4.92. The molecule has 0 unspecified atom stereocenters. The fourth-order valence-corrected chi connectivity index (χ4v) is 3.19. The van der Waals surface area contributed by atoms with E-state index in [4.69, 9.17) is 4.42 Å². The van der Waals surface area contributed by atoms with Crippen molar-refractivity contribution in [2.75, 3.05) is 6.54 Å². The van der Waals surface area contributed by atoms with Crippen molar-refractivity contribution in [3.8, 4) is 16.9 Å². The minimum atomic E-state index is -0.442. The highest BCUT2D eigenvalue weighted by molar-refractivity contribution is 6.01. The third-order valence-electron chi connectivity index (χ3n) is 4.79. The summed E-state index contributed by atoms with van der Waals surface area (Å²) in [7, 11) is 0. The molecule has 2 aromatic carbocycles. The standard InChI is InChI=1S/C24H21FN4O3/c1-16-4-2-5-17(12-16)23-21(15-29(28-23)19-9-7-18(25)8-10-19)24(31)27-14-22(30)26-13-20-6-3-11-32-20/h2-12,15H,13-14H2,1H3,(H,26,30)(H,27,31). The van der Waals surface area contributed by atoms with Crippen molar-refractivity contribution in [3.63, 3.8) is 0 Å². The second-order valence-electron chi connectivity index (χ2n) is 7.22. The molecule has 0 fully saturated rings. The maximum Gasteiger partial charge on any atom is 0.255 e. The van der Waals surface area contributed by atoms with E-state index in [0.29, 0.717) is 22.7 Å². The van der Waals surface area contributed by atoms with Crippen molar-refractivity contribution >= 4 is 11.8 Å². The largest absolute Gasteiger partial charge is 0.467 e. The number of benzene rings is 2. The van der Waals surface area contributed by atoms with Crippen LogP contribution in [0.3, 0.4) is 0 Å². The normalized spacial score (nSPS) is 10.7. The number of halogens is 1. The Morgan fingerprint density at radius 3 is 2.59 bits per heavy atom. The van der Waals surface area contributed by atoms with Crippen LogP contribution in [0.15, 0.2) is 77.5 Å². The molecule has 2 heterocycles. The molecule has 0 spiro atoms. The Labute approximate surface area is 183 Å². The maximum absolute atomic E-state index is 13.3. The average molecular weight is 432 g/mol. The van der Waals surface area contributed by atoms with Crippen molar-refractivity contribution in [1.82, 2.24) is 20.4 Å². The van der Waals surface area contributed by atoms with E-state index in [0.717, 1.165) is 11.1 Å². The first kappa shape index (κ1) is 21.0. The van der Waals surface area contributed by atoms with Gasteiger partial charge in [-0.25, -0.2) is 9.07 Å². The van der Waals surface area contributed by atoms with Gasteiger partial charge < -0.3 is 15.1 Å². The van der Waals surface area contributed by atoms with Crippen LogP contribution in [0.25, 0.3) is 16.9 Å². The number of carbonyl (C=O) groups excluding carboxylic acids is 2. The Kier molecular flexibility index (Phi) is 6.12. The van der Waals surface area contributed by atoms with Crippen LogP contribution >= 0.6 is 0 Å². The summed E-state index contributed by atoms with van der Waals surface area (Å²) in [6.45, 7) is 1.98. The van der Waals surface area contributed by atoms with E-state index in [9.17, 15) is 14.0 Å². The Balaban J connectivity index is 1.54. The molecule has 4 aromatic rings. The molecule has 0 saturated heterocycles. The molecule has 0 saturated carbocycles. The zero-order valence-corrected chi connectivity index (χ0v) is 17.3. The van der Waals surface area contributed by atoms with Gasteiger partial charge in [0, 0.05) is 11.8 Å². The first-order chi connectivity index (χ1) is 15.5. The second kappa shape index (κ2) is 9.30. The lowest BCUT2D eigenvalue weighted by Crippen LogP contribution is -2.36. The number of hydrogen-bond acceptors (Lipinski definition) is 4. The maximum atomic E-state index is 13.3. The molecule has 4 rings (SSSR count). The van der Waals surface area contributed by atoms with Gasteiger partial charge in [0.05, 0.1) is 30.6 Å². The van der Waals surface area contributed by atoms with Crippen LogP contribution in [-0.4, -0.2) is 28.1 Å². The van der Waals surface area contributed by atoms with Gasteiger partial charge in [-0.05, 0) is 49.4 Å². The van der Waals surface area contributed by atoms with E-state index in [1.54, 1.807) is 30.5 Å². The van der Waals surface area contributed by atoms with Gasteiger partial charge in [-0.3, -0.25) is 9.59 Å². The molecule has 2 amide bonds. The molecule has 0 atom stereocenters. The highest BCUT2D eigenvalue weighted by atomic mass is 19.1. The lowest BCUT2D eigenvalue weighted by molar-refractivity contribution is -0.120. The highest BCUT2D eigenvalue weighted by Crippen LogP contribution is 2.24. The summed E-state index contributed by atoms with van der Waals surface area (Å²) in [6.07, 6.45) is 3.09. The van der Waals surface area contributed by atoms with Crippen LogP contribution in [0.5, 0.6) is 0 Å². The van der Waals surface area contributed by atoms with Gasteiger partial charge in [0.2, 0.25) is 5.91 Å². The fourth-order valence-electron chi connectivity index (χ4n) is 3.19. The summed E-state index contributed by atoms with van der Waals surface area (Å²) in [5.41, 5.74) is 3.15. The third-order valence-corrected chi connectivity index (χ3v) is 4.79. The zero-order valence-electron chi connectivity index (χ0n) is 17.3. The van der Waals surface area contributed by atoms with Crippen LogP contribution in [-0.2, 0) is 11.3 Å². The molecule has 0 aliphatic rings. The van der Waals surface area contributed by atoms with Gasteiger partial charge in [-0.2, -0.15) is 5.10 Å². The molecule has 8 heteroatoms. The molecule has 162 valence electrons. The van der Waals surface area contributed by atoms with Crippen LogP contribution < -0.4 is 10.6 Å². The summed E-state index contributed by atoms with van der Waals surface area (Å²) in [5, 5.41) is 9.87. The lowest BCUT2D eigenvalue weighted by Gasteiger charge is -2.06. The Morgan fingerprint density at radius 1 is 1.06 bits per heavy atom. The molecule has 2 aromatic heterocycles. The molecule has 0 aliphatic carbocycles. The van der Waals surface area contributed by atoms with Crippen LogP contribution in [0.2, 0.25) is 0 Å². The van der Waals surface area contributed by atoms with Gasteiger partial charge in [-0.15, -0.1) is 0 Å². The Hall–Kier alpha value is -4.20. The number of furan rings is 1. The number of carbonyl (C=O) groups is 2. The van der Waals surface area contributed by atoms with Crippen LogP contribution in [0.4, 0.5) is 4.39 Å². The molecule has 32 heavy (non-hydrogen) atoms. The van der Waals surface area contributed by atoms with E-state index in [2.05, 4.69) is 15.7 Å². The van der Waals surface area contributed by atoms with Crippen molar-refractivity contribution < 1.29 is 18.4 Å². The number of amides is 2. The van der Waals surface area contributed by atoms with E-state index >= 15 is 0 Å². The van der Waals surface area contributed by atoms with E-state index in [1.165, 1.54) is 23.1 Å². The number of aryl methyl sites for hydroxylation is 1. The first-order valence-electron chi connectivity index (χ1n) is 9.99. The zero-order chi connectivity index (χ0) is 22.5. The van der Waals surface area contributed by atoms with Gasteiger partial charge in [-0.1, -0.05) is 23.8 Å².